The van der Waals surface area contributed by atoms with Crippen LogP contribution in [0.15, 0.2) is 54.6 Å². The van der Waals surface area contributed by atoms with Crippen molar-refractivity contribution in [1.29, 1.82) is 0 Å². The van der Waals surface area contributed by atoms with E-state index >= 15 is 0 Å². The van der Waals surface area contributed by atoms with Gasteiger partial charge in [-0.3, -0.25) is 4.79 Å². The van der Waals surface area contributed by atoms with Crippen LogP contribution in [-0.2, 0) is 10.3 Å². The molecule has 4 N–H and O–H groups in total. The number of aromatic hydroxyl groups is 1. The number of benzene rings is 2. The van der Waals surface area contributed by atoms with Crippen molar-refractivity contribution >= 4 is 11.6 Å². The Balaban J connectivity index is 2.23. The Morgan fingerprint density at radius 1 is 1.11 bits per heavy atom. The van der Waals surface area contributed by atoms with Gasteiger partial charge in [0.1, 0.15) is 11.3 Å². The number of anilines is 1. The number of amides is 1. The normalized spacial score (nSPS) is 13.6. The SMILES string of the molecule is CC(N)(C(=O)Nc1ccccc1O)c1ccccc1. The third-order valence-corrected chi connectivity index (χ3v) is 3.00. The van der Waals surface area contributed by atoms with Crippen molar-refractivity contribution in [3.05, 3.63) is 60.2 Å². The van der Waals surface area contributed by atoms with Crippen molar-refractivity contribution in [2.24, 2.45) is 5.73 Å². The second-order valence-electron chi connectivity index (χ2n) is 4.54. The second-order valence-corrected chi connectivity index (χ2v) is 4.54. The van der Waals surface area contributed by atoms with Gasteiger partial charge in [-0.05, 0) is 24.6 Å². The van der Waals surface area contributed by atoms with Crippen LogP contribution in [0.25, 0.3) is 0 Å². The number of phenols is 1. The molecule has 19 heavy (non-hydrogen) atoms. The molecule has 0 bridgehead atoms. The fourth-order valence-corrected chi connectivity index (χ4v) is 1.75. The van der Waals surface area contributed by atoms with Crippen LogP contribution in [0.2, 0.25) is 0 Å². The highest BCUT2D eigenvalue weighted by atomic mass is 16.3. The average molecular weight is 256 g/mol. The molecule has 0 aliphatic rings. The van der Waals surface area contributed by atoms with Crippen molar-refractivity contribution in [2.75, 3.05) is 5.32 Å². The molecular weight excluding hydrogens is 240 g/mol. The smallest absolute Gasteiger partial charge is 0.248 e. The van der Waals surface area contributed by atoms with E-state index in [0.717, 1.165) is 0 Å². The Morgan fingerprint density at radius 2 is 1.68 bits per heavy atom. The molecule has 2 aromatic carbocycles. The summed E-state index contributed by atoms with van der Waals surface area (Å²) in [6.45, 7) is 1.64. The van der Waals surface area contributed by atoms with E-state index < -0.39 is 5.54 Å². The summed E-state index contributed by atoms with van der Waals surface area (Å²) in [5.41, 5.74) is 5.98. The lowest BCUT2D eigenvalue weighted by molar-refractivity contribution is -0.120. The predicted octanol–water partition coefficient (Wildman–Crippen LogP) is 2.20. The maximum absolute atomic E-state index is 12.2. The van der Waals surface area contributed by atoms with Gasteiger partial charge in [0.2, 0.25) is 5.91 Å². The summed E-state index contributed by atoms with van der Waals surface area (Å²) in [5, 5.41) is 12.3. The molecule has 0 saturated heterocycles. The van der Waals surface area contributed by atoms with Gasteiger partial charge >= 0.3 is 0 Å². The summed E-state index contributed by atoms with van der Waals surface area (Å²) in [6, 6.07) is 15.6. The van der Waals surface area contributed by atoms with Crippen LogP contribution in [0, 0.1) is 0 Å². The molecular formula is C15H16N2O2. The highest BCUT2D eigenvalue weighted by molar-refractivity contribution is 5.99. The number of nitrogens with one attached hydrogen (secondary N) is 1. The van der Waals surface area contributed by atoms with Crippen LogP contribution in [0.4, 0.5) is 5.69 Å². The van der Waals surface area contributed by atoms with E-state index in [4.69, 9.17) is 5.73 Å². The molecule has 4 nitrogen and oxygen atoms in total. The molecule has 1 atom stereocenters. The highest BCUT2D eigenvalue weighted by Crippen LogP contribution is 2.25. The van der Waals surface area contributed by atoms with E-state index in [1.54, 1.807) is 37.3 Å². The predicted molar refractivity (Wildman–Crippen MR) is 74.7 cm³/mol. The first kappa shape index (κ1) is 13.1. The fraction of sp³-hybridized carbons (Fsp3) is 0.133. The zero-order valence-electron chi connectivity index (χ0n) is 10.6. The molecule has 0 radical (unpaired) electrons. The van der Waals surface area contributed by atoms with Crippen molar-refractivity contribution in [3.63, 3.8) is 0 Å². The first-order valence-electron chi connectivity index (χ1n) is 5.95. The molecule has 0 saturated carbocycles. The van der Waals surface area contributed by atoms with E-state index in [0.29, 0.717) is 11.3 Å². The molecule has 1 unspecified atom stereocenters. The van der Waals surface area contributed by atoms with Gasteiger partial charge in [-0.2, -0.15) is 0 Å². The van der Waals surface area contributed by atoms with Crippen LogP contribution in [-0.4, -0.2) is 11.0 Å². The topological polar surface area (TPSA) is 75.4 Å². The maximum Gasteiger partial charge on any atom is 0.248 e. The molecule has 0 spiro atoms. The number of rotatable bonds is 3. The van der Waals surface area contributed by atoms with E-state index in [2.05, 4.69) is 5.32 Å². The Morgan fingerprint density at radius 3 is 2.32 bits per heavy atom. The standard InChI is InChI=1S/C15H16N2O2/c1-15(16,11-7-3-2-4-8-11)14(19)17-12-9-5-6-10-13(12)18/h2-10,18H,16H2,1H3,(H,17,19). The van der Waals surface area contributed by atoms with Crippen LogP contribution in [0.1, 0.15) is 12.5 Å². The molecule has 0 heterocycles. The largest absolute Gasteiger partial charge is 0.506 e. The lowest BCUT2D eigenvalue weighted by atomic mass is 9.92. The van der Waals surface area contributed by atoms with Crippen LogP contribution < -0.4 is 11.1 Å². The lowest BCUT2D eigenvalue weighted by Crippen LogP contribution is -2.45. The van der Waals surface area contributed by atoms with Gasteiger partial charge in [0.25, 0.3) is 0 Å². The minimum Gasteiger partial charge on any atom is -0.506 e. The van der Waals surface area contributed by atoms with Crippen molar-refractivity contribution in [3.8, 4) is 5.75 Å². The molecule has 0 aromatic heterocycles. The third-order valence-electron chi connectivity index (χ3n) is 3.00. The van der Waals surface area contributed by atoms with E-state index in [9.17, 15) is 9.90 Å². The summed E-state index contributed by atoms with van der Waals surface area (Å²) in [7, 11) is 0. The van der Waals surface area contributed by atoms with Gasteiger partial charge in [0.05, 0.1) is 5.69 Å². The van der Waals surface area contributed by atoms with Gasteiger partial charge < -0.3 is 16.2 Å². The summed E-state index contributed by atoms with van der Waals surface area (Å²) in [6.07, 6.45) is 0. The van der Waals surface area contributed by atoms with Crippen LogP contribution in [0.3, 0.4) is 0 Å². The molecule has 1 amide bonds. The van der Waals surface area contributed by atoms with E-state index in [1.807, 2.05) is 18.2 Å². The summed E-state index contributed by atoms with van der Waals surface area (Å²) < 4.78 is 0. The first-order chi connectivity index (χ1) is 9.01. The number of phenolic OH excluding ortho intramolecular Hbond substituents is 1. The van der Waals surface area contributed by atoms with E-state index in [-0.39, 0.29) is 11.7 Å². The van der Waals surface area contributed by atoms with Gasteiger partial charge in [-0.15, -0.1) is 0 Å². The molecule has 4 heteroatoms. The van der Waals surface area contributed by atoms with E-state index in [1.165, 1.54) is 6.07 Å². The average Bonchev–Trinajstić information content (AvgIpc) is 2.42. The number of hydrogen-bond acceptors (Lipinski definition) is 3. The lowest BCUT2D eigenvalue weighted by Gasteiger charge is -2.24. The highest BCUT2D eigenvalue weighted by Gasteiger charge is 2.30. The Kier molecular flexibility index (Phi) is 3.53. The number of hydrogen-bond donors (Lipinski definition) is 3. The number of carbonyl (C=O) groups excluding carboxylic acids is 1. The zero-order chi connectivity index (χ0) is 13.9. The molecule has 0 fully saturated rings. The molecule has 0 aliphatic heterocycles. The Hall–Kier alpha value is -2.33. The molecule has 2 aromatic rings. The molecule has 98 valence electrons. The minimum absolute atomic E-state index is 0.0136. The molecule has 0 aliphatic carbocycles. The van der Waals surface area contributed by atoms with Crippen LogP contribution in [0.5, 0.6) is 5.75 Å². The van der Waals surface area contributed by atoms with Gasteiger partial charge in [-0.25, -0.2) is 0 Å². The Labute approximate surface area is 111 Å². The quantitative estimate of drug-likeness (QED) is 0.737. The summed E-state index contributed by atoms with van der Waals surface area (Å²) in [4.78, 5) is 12.2. The van der Waals surface area contributed by atoms with Crippen LogP contribution >= 0.6 is 0 Å². The monoisotopic (exact) mass is 256 g/mol. The maximum atomic E-state index is 12.2. The summed E-state index contributed by atoms with van der Waals surface area (Å²) >= 11 is 0. The van der Waals surface area contributed by atoms with Gasteiger partial charge in [0, 0.05) is 0 Å². The minimum atomic E-state index is -1.16. The van der Waals surface area contributed by atoms with Crippen molar-refractivity contribution in [1.82, 2.24) is 0 Å². The third kappa shape index (κ3) is 2.74. The van der Waals surface area contributed by atoms with Crippen molar-refractivity contribution in [2.45, 2.75) is 12.5 Å². The first-order valence-corrected chi connectivity index (χ1v) is 5.95. The fourth-order valence-electron chi connectivity index (χ4n) is 1.75. The number of nitrogens with two attached hydrogens (primary N) is 1. The van der Waals surface area contributed by atoms with Crippen molar-refractivity contribution < 1.29 is 9.90 Å². The Bertz CT molecular complexity index is 580. The number of para-hydroxylation sites is 2. The van der Waals surface area contributed by atoms with Gasteiger partial charge in [0.15, 0.2) is 0 Å². The van der Waals surface area contributed by atoms with Gasteiger partial charge in [-0.1, -0.05) is 42.5 Å². The number of carbonyl (C=O) groups is 1. The zero-order valence-corrected chi connectivity index (χ0v) is 10.6. The summed E-state index contributed by atoms with van der Waals surface area (Å²) in [5.74, 6) is -0.361. The molecule has 2 rings (SSSR count). The second kappa shape index (κ2) is 5.12.